The SMILES string of the molecule is COC1=C2C3=C(CC=CC3=CCC3=C2C(OC)CCC3)CN1. The van der Waals surface area contributed by atoms with E-state index in [1.807, 2.05) is 7.11 Å². The minimum absolute atomic E-state index is 0.191. The Morgan fingerprint density at radius 3 is 2.86 bits per heavy atom. The molecule has 1 aliphatic heterocycles. The van der Waals surface area contributed by atoms with Crippen molar-refractivity contribution in [3.05, 3.63) is 57.5 Å². The first-order valence-electron chi connectivity index (χ1n) is 8.20. The summed E-state index contributed by atoms with van der Waals surface area (Å²) in [5.74, 6) is 0.915. The number of rotatable bonds is 2. The van der Waals surface area contributed by atoms with Crippen LogP contribution in [-0.2, 0) is 9.47 Å². The van der Waals surface area contributed by atoms with Crippen LogP contribution in [0.1, 0.15) is 32.1 Å². The average Bonchev–Trinajstić information content (AvgIpc) is 2.74. The molecule has 0 aromatic heterocycles. The number of methoxy groups -OCH3 is 2. The smallest absolute Gasteiger partial charge is 0.195 e. The third-order valence-corrected chi connectivity index (χ3v) is 5.22. The highest BCUT2D eigenvalue weighted by Gasteiger charge is 2.35. The molecule has 0 spiro atoms. The van der Waals surface area contributed by atoms with Gasteiger partial charge in [-0.05, 0) is 54.4 Å². The van der Waals surface area contributed by atoms with E-state index >= 15 is 0 Å². The number of ether oxygens (including phenoxy) is 2. The maximum atomic E-state index is 5.84. The molecule has 0 radical (unpaired) electrons. The maximum Gasteiger partial charge on any atom is 0.195 e. The molecule has 0 saturated carbocycles. The fourth-order valence-electron chi connectivity index (χ4n) is 4.22. The summed E-state index contributed by atoms with van der Waals surface area (Å²) in [7, 11) is 3.60. The van der Waals surface area contributed by atoms with Crippen LogP contribution in [0.3, 0.4) is 0 Å². The van der Waals surface area contributed by atoms with Crippen molar-refractivity contribution in [3.8, 4) is 0 Å². The monoisotopic (exact) mass is 297 g/mol. The second kappa shape index (κ2) is 5.47. The summed E-state index contributed by atoms with van der Waals surface area (Å²) in [5, 5.41) is 3.48. The molecule has 22 heavy (non-hydrogen) atoms. The van der Waals surface area contributed by atoms with Gasteiger partial charge in [-0.1, -0.05) is 23.8 Å². The van der Waals surface area contributed by atoms with Gasteiger partial charge in [0.1, 0.15) is 0 Å². The zero-order valence-corrected chi connectivity index (χ0v) is 13.4. The second-order valence-corrected chi connectivity index (χ2v) is 6.34. The fraction of sp³-hybridized carbons (Fsp3) is 0.474. The number of fused-ring (bicyclic) bond motifs is 1. The van der Waals surface area contributed by atoms with E-state index in [1.165, 1.54) is 46.3 Å². The first-order chi connectivity index (χ1) is 10.8. The van der Waals surface area contributed by atoms with E-state index in [1.54, 1.807) is 7.11 Å². The molecule has 3 aliphatic carbocycles. The van der Waals surface area contributed by atoms with E-state index < -0.39 is 0 Å². The third-order valence-electron chi connectivity index (χ3n) is 5.22. The Morgan fingerprint density at radius 1 is 1.14 bits per heavy atom. The Kier molecular flexibility index (Phi) is 3.45. The van der Waals surface area contributed by atoms with Crippen LogP contribution in [-0.4, -0.2) is 26.9 Å². The summed E-state index contributed by atoms with van der Waals surface area (Å²) in [6.07, 6.45) is 12.7. The zero-order valence-electron chi connectivity index (χ0n) is 13.4. The first-order valence-corrected chi connectivity index (χ1v) is 8.20. The number of hydrogen-bond donors (Lipinski definition) is 1. The molecule has 1 N–H and O–H groups in total. The fourth-order valence-corrected chi connectivity index (χ4v) is 4.22. The molecule has 0 saturated heterocycles. The lowest BCUT2D eigenvalue weighted by molar-refractivity contribution is 0.117. The average molecular weight is 297 g/mol. The van der Waals surface area contributed by atoms with Gasteiger partial charge in [-0.2, -0.15) is 0 Å². The van der Waals surface area contributed by atoms with Crippen LogP contribution in [0.5, 0.6) is 0 Å². The molecule has 4 rings (SSSR count). The lowest BCUT2D eigenvalue weighted by Crippen LogP contribution is -2.31. The minimum Gasteiger partial charge on any atom is -0.482 e. The highest BCUT2D eigenvalue weighted by Crippen LogP contribution is 2.46. The van der Waals surface area contributed by atoms with Crippen LogP contribution in [0.4, 0.5) is 0 Å². The van der Waals surface area contributed by atoms with E-state index in [-0.39, 0.29) is 6.10 Å². The Labute approximate surface area is 132 Å². The van der Waals surface area contributed by atoms with Gasteiger partial charge in [0.2, 0.25) is 0 Å². The Balaban J connectivity index is 1.96. The predicted octanol–water partition coefficient (Wildman–Crippen LogP) is 3.53. The standard InChI is InChI=1S/C19H23NO2/c1-21-15-8-4-6-13-10-9-12-5-3-7-14-11-20-19(22-2)18(16(12)14)17(13)15/h3,5,9,15,20H,4,6-8,10-11H2,1-2H3. The van der Waals surface area contributed by atoms with Gasteiger partial charge in [-0.3, -0.25) is 0 Å². The summed E-state index contributed by atoms with van der Waals surface area (Å²) in [6, 6.07) is 0. The summed E-state index contributed by atoms with van der Waals surface area (Å²) in [5.41, 5.74) is 8.39. The highest BCUT2D eigenvalue weighted by atomic mass is 16.5. The molecule has 3 heteroatoms. The molecular formula is C19H23NO2. The Hall–Kier alpha value is -1.74. The quantitative estimate of drug-likeness (QED) is 0.846. The third kappa shape index (κ3) is 1.99. The lowest BCUT2D eigenvalue weighted by atomic mass is 9.78. The molecule has 0 bridgehead atoms. The number of dihydropyridines is 1. The molecule has 0 amide bonds. The molecule has 3 nitrogen and oxygen atoms in total. The van der Waals surface area contributed by atoms with Crippen LogP contribution in [0.15, 0.2) is 57.5 Å². The second-order valence-electron chi connectivity index (χ2n) is 6.34. The van der Waals surface area contributed by atoms with Crippen molar-refractivity contribution in [2.45, 2.75) is 38.2 Å². The van der Waals surface area contributed by atoms with Crippen LogP contribution in [0, 0.1) is 0 Å². The summed E-state index contributed by atoms with van der Waals surface area (Å²) in [4.78, 5) is 0. The van der Waals surface area contributed by atoms with E-state index in [0.29, 0.717) is 0 Å². The van der Waals surface area contributed by atoms with Crippen molar-refractivity contribution in [2.75, 3.05) is 20.8 Å². The molecular weight excluding hydrogens is 274 g/mol. The van der Waals surface area contributed by atoms with Gasteiger partial charge in [0.15, 0.2) is 5.88 Å². The molecule has 0 aromatic carbocycles. The van der Waals surface area contributed by atoms with Crippen molar-refractivity contribution >= 4 is 0 Å². The molecule has 1 heterocycles. The minimum atomic E-state index is 0.191. The zero-order chi connectivity index (χ0) is 15.1. The van der Waals surface area contributed by atoms with Crippen LogP contribution < -0.4 is 5.32 Å². The maximum absolute atomic E-state index is 5.84. The van der Waals surface area contributed by atoms with Gasteiger partial charge in [-0.25, -0.2) is 0 Å². The summed E-state index contributed by atoms with van der Waals surface area (Å²) in [6.45, 7) is 0.879. The highest BCUT2D eigenvalue weighted by molar-refractivity contribution is 5.68. The Bertz CT molecular complexity index is 661. The molecule has 0 fully saturated rings. The van der Waals surface area contributed by atoms with E-state index in [9.17, 15) is 0 Å². The van der Waals surface area contributed by atoms with Crippen LogP contribution in [0.2, 0.25) is 0 Å². The van der Waals surface area contributed by atoms with Crippen molar-refractivity contribution < 1.29 is 9.47 Å². The van der Waals surface area contributed by atoms with Crippen molar-refractivity contribution in [1.29, 1.82) is 0 Å². The van der Waals surface area contributed by atoms with Gasteiger partial charge in [0.05, 0.1) is 13.2 Å². The van der Waals surface area contributed by atoms with Crippen molar-refractivity contribution in [2.24, 2.45) is 0 Å². The number of allylic oxidation sites excluding steroid dienone is 6. The van der Waals surface area contributed by atoms with Crippen molar-refractivity contribution in [1.82, 2.24) is 5.32 Å². The predicted molar refractivity (Wildman–Crippen MR) is 87.2 cm³/mol. The van der Waals surface area contributed by atoms with E-state index in [4.69, 9.17) is 9.47 Å². The van der Waals surface area contributed by atoms with Crippen LogP contribution in [0.25, 0.3) is 0 Å². The Morgan fingerprint density at radius 2 is 2.05 bits per heavy atom. The molecule has 4 aliphatic rings. The van der Waals surface area contributed by atoms with Gasteiger partial charge >= 0.3 is 0 Å². The van der Waals surface area contributed by atoms with Gasteiger partial charge in [0, 0.05) is 19.2 Å². The van der Waals surface area contributed by atoms with Gasteiger partial charge in [0.25, 0.3) is 0 Å². The lowest BCUT2D eigenvalue weighted by Gasteiger charge is -2.34. The van der Waals surface area contributed by atoms with Crippen molar-refractivity contribution in [3.63, 3.8) is 0 Å². The molecule has 0 aromatic rings. The largest absolute Gasteiger partial charge is 0.482 e. The van der Waals surface area contributed by atoms with E-state index in [2.05, 4.69) is 23.5 Å². The molecule has 116 valence electrons. The summed E-state index contributed by atoms with van der Waals surface area (Å²) >= 11 is 0. The normalized spacial score (nSPS) is 27.0. The van der Waals surface area contributed by atoms with Crippen LogP contribution >= 0.6 is 0 Å². The summed E-state index contributed by atoms with van der Waals surface area (Å²) < 4.78 is 11.6. The van der Waals surface area contributed by atoms with Gasteiger partial charge in [-0.15, -0.1) is 0 Å². The van der Waals surface area contributed by atoms with E-state index in [0.717, 1.165) is 31.7 Å². The first kappa shape index (κ1) is 13.9. The number of hydrogen-bond acceptors (Lipinski definition) is 3. The molecule has 1 atom stereocenters. The number of nitrogens with one attached hydrogen (secondary N) is 1. The van der Waals surface area contributed by atoms with Gasteiger partial charge < -0.3 is 14.8 Å². The molecule has 1 unspecified atom stereocenters. The topological polar surface area (TPSA) is 30.5 Å².